The van der Waals surface area contributed by atoms with Gasteiger partial charge in [0.25, 0.3) is 0 Å². The normalized spacial score (nSPS) is 11.7. The molecule has 0 saturated carbocycles. The zero-order chi connectivity index (χ0) is 17.5. The second kappa shape index (κ2) is 5.75. The quantitative estimate of drug-likeness (QED) is 0.766. The second-order valence-corrected chi connectivity index (χ2v) is 5.29. The van der Waals surface area contributed by atoms with E-state index in [-0.39, 0.29) is 17.0 Å². The number of hydrogen-bond acceptors (Lipinski definition) is 4. The van der Waals surface area contributed by atoms with Gasteiger partial charge >= 0.3 is 12.1 Å². The highest BCUT2D eigenvalue weighted by Crippen LogP contribution is 2.25. The zero-order valence-corrected chi connectivity index (χ0v) is 12.9. The fourth-order valence-corrected chi connectivity index (χ4v) is 2.17. The van der Waals surface area contributed by atoms with Gasteiger partial charge in [-0.05, 0) is 12.1 Å². The van der Waals surface area contributed by atoms with Gasteiger partial charge in [0.1, 0.15) is 0 Å². The molecule has 0 aliphatic carbocycles. The molecule has 0 bridgehead atoms. The van der Waals surface area contributed by atoms with Crippen LogP contribution in [0.25, 0.3) is 22.4 Å². The van der Waals surface area contributed by atoms with Crippen molar-refractivity contribution in [1.82, 2.24) is 19.7 Å². The number of halogens is 4. The van der Waals surface area contributed by atoms with E-state index in [9.17, 15) is 18.0 Å². The van der Waals surface area contributed by atoms with Gasteiger partial charge in [0.05, 0.1) is 11.9 Å². The van der Waals surface area contributed by atoms with Crippen LogP contribution in [0.4, 0.5) is 19.0 Å². The van der Waals surface area contributed by atoms with Crippen LogP contribution in [0.2, 0.25) is 5.02 Å². The Morgan fingerprint density at radius 1 is 1.25 bits per heavy atom. The number of nitrogens with one attached hydrogen (secondary N) is 1. The Kier molecular flexibility index (Phi) is 3.88. The van der Waals surface area contributed by atoms with Crippen molar-refractivity contribution in [2.75, 3.05) is 5.32 Å². The summed E-state index contributed by atoms with van der Waals surface area (Å²) in [5, 5.41) is 6.09. The second-order valence-electron chi connectivity index (χ2n) is 4.86. The third-order valence-corrected chi connectivity index (χ3v) is 3.42. The van der Waals surface area contributed by atoms with Crippen LogP contribution in [-0.4, -0.2) is 31.8 Å². The molecule has 0 radical (unpaired) electrons. The standard InChI is InChI=1S/C14H9ClF3N5O/c1-23-12-10(11(22-23)21-13(24)14(16,17)18)19-6-9(20-12)7-2-4-8(15)5-3-7/h2-6H,1H3,(H,21,22,24). The molecule has 1 N–H and O–H groups in total. The molecule has 0 spiro atoms. The van der Waals surface area contributed by atoms with E-state index >= 15 is 0 Å². The minimum absolute atomic E-state index is 0.0628. The molecule has 3 rings (SSSR count). The maximum Gasteiger partial charge on any atom is 0.471 e. The Morgan fingerprint density at radius 2 is 1.92 bits per heavy atom. The lowest BCUT2D eigenvalue weighted by Crippen LogP contribution is -2.30. The molecule has 124 valence electrons. The van der Waals surface area contributed by atoms with Crippen LogP contribution in [0, 0.1) is 0 Å². The highest BCUT2D eigenvalue weighted by atomic mass is 35.5. The lowest BCUT2D eigenvalue weighted by atomic mass is 10.2. The first kappa shape index (κ1) is 16.2. The van der Waals surface area contributed by atoms with E-state index in [4.69, 9.17) is 11.6 Å². The average molecular weight is 356 g/mol. The van der Waals surface area contributed by atoms with Gasteiger partial charge in [-0.3, -0.25) is 10.1 Å². The topological polar surface area (TPSA) is 72.7 Å². The lowest BCUT2D eigenvalue weighted by Gasteiger charge is -2.05. The summed E-state index contributed by atoms with van der Waals surface area (Å²) in [5.74, 6) is -2.42. The highest BCUT2D eigenvalue weighted by molar-refractivity contribution is 6.30. The number of aromatic nitrogens is 4. The monoisotopic (exact) mass is 355 g/mol. The number of hydrogen-bond donors (Lipinski definition) is 1. The van der Waals surface area contributed by atoms with Gasteiger partial charge in [-0.25, -0.2) is 14.6 Å². The van der Waals surface area contributed by atoms with Crippen molar-refractivity contribution in [1.29, 1.82) is 0 Å². The van der Waals surface area contributed by atoms with Crippen molar-refractivity contribution in [3.63, 3.8) is 0 Å². The van der Waals surface area contributed by atoms with Crippen molar-refractivity contribution >= 4 is 34.5 Å². The first-order valence-corrected chi connectivity index (χ1v) is 6.97. The van der Waals surface area contributed by atoms with Crippen molar-refractivity contribution < 1.29 is 18.0 Å². The zero-order valence-electron chi connectivity index (χ0n) is 12.1. The van der Waals surface area contributed by atoms with Gasteiger partial charge in [-0.15, -0.1) is 0 Å². The molecule has 2 heterocycles. The molecule has 10 heteroatoms. The summed E-state index contributed by atoms with van der Waals surface area (Å²) >= 11 is 5.83. The summed E-state index contributed by atoms with van der Waals surface area (Å²) in [4.78, 5) is 19.5. The third kappa shape index (κ3) is 3.02. The van der Waals surface area contributed by atoms with E-state index in [1.807, 2.05) is 0 Å². The first-order valence-electron chi connectivity index (χ1n) is 6.59. The number of fused-ring (bicyclic) bond motifs is 1. The predicted octanol–water partition coefficient (Wildman–Crippen LogP) is 3.18. The Morgan fingerprint density at radius 3 is 2.54 bits per heavy atom. The number of alkyl halides is 3. The molecule has 0 aliphatic heterocycles. The van der Waals surface area contributed by atoms with Gasteiger partial charge in [0.2, 0.25) is 0 Å². The Hall–Kier alpha value is -2.68. The number of benzene rings is 1. The van der Waals surface area contributed by atoms with Crippen LogP contribution in [0.1, 0.15) is 0 Å². The van der Waals surface area contributed by atoms with Gasteiger partial charge in [-0.1, -0.05) is 23.7 Å². The summed E-state index contributed by atoms with van der Waals surface area (Å²) in [7, 11) is 1.49. The number of anilines is 1. The molecule has 0 saturated heterocycles. The Balaban J connectivity index is 2.01. The smallest absolute Gasteiger partial charge is 0.299 e. The summed E-state index contributed by atoms with van der Waals surface area (Å²) in [6.07, 6.45) is -3.63. The summed E-state index contributed by atoms with van der Waals surface area (Å²) < 4.78 is 38.3. The van der Waals surface area contributed by atoms with Crippen LogP contribution >= 0.6 is 11.6 Å². The molecule has 24 heavy (non-hydrogen) atoms. The average Bonchev–Trinajstić information content (AvgIpc) is 2.83. The van der Waals surface area contributed by atoms with Crippen molar-refractivity contribution in [2.45, 2.75) is 6.18 Å². The number of rotatable bonds is 2. The number of aryl methyl sites for hydroxylation is 1. The van der Waals surface area contributed by atoms with Gasteiger partial charge < -0.3 is 0 Å². The molecule has 0 aliphatic rings. The van der Waals surface area contributed by atoms with Crippen LogP contribution in [0.3, 0.4) is 0 Å². The fraction of sp³-hybridized carbons (Fsp3) is 0.143. The van der Waals surface area contributed by atoms with Crippen LogP contribution in [0.15, 0.2) is 30.5 Å². The van der Waals surface area contributed by atoms with Crippen molar-refractivity contribution in [2.24, 2.45) is 7.05 Å². The van der Waals surface area contributed by atoms with Crippen LogP contribution < -0.4 is 5.32 Å². The largest absolute Gasteiger partial charge is 0.471 e. The molecular weight excluding hydrogens is 347 g/mol. The van der Waals surface area contributed by atoms with E-state index < -0.39 is 12.1 Å². The Bertz CT molecular complexity index is 921. The van der Waals surface area contributed by atoms with E-state index in [2.05, 4.69) is 15.1 Å². The molecule has 1 amide bonds. The van der Waals surface area contributed by atoms with Crippen molar-refractivity contribution in [3.8, 4) is 11.3 Å². The van der Waals surface area contributed by atoms with Gasteiger partial charge in [-0.2, -0.15) is 18.3 Å². The molecule has 0 unspecified atom stereocenters. The Labute approximate surface area is 138 Å². The molecule has 1 aromatic carbocycles. The maximum absolute atomic E-state index is 12.4. The summed E-state index contributed by atoms with van der Waals surface area (Å²) in [5.41, 5.74) is 1.53. The third-order valence-electron chi connectivity index (χ3n) is 3.16. The predicted molar refractivity (Wildman–Crippen MR) is 81.4 cm³/mol. The van der Waals surface area contributed by atoms with Crippen LogP contribution in [0.5, 0.6) is 0 Å². The first-order chi connectivity index (χ1) is 11.3. The van der Waals surface area contributed by atoms with Crippen LogP contribution in [-0.2, 0) is 11.8 Å². The van der Waals surface area contributed by atoms with E-state index in [1.54, 1.807) is 29.6 Å². The molecule has 6 nitrogen and oxygen atoms in total. The molecular formula is C14H9ClF3N5O. The SMILES string of the molecule is Cn1nc(NC(=O)C(F)(F)F)c2ncc(-c3ccc(Cl)cc3)nc21. The minimum Gasteiger partial charge on any atom is -0.299 e. The number of carbonyl (C=O) groups excluding carboxylic acids is 1. The van der Waals surface area contributed by atoms with Crippen molar-refractivity contribution in [3.05, 3.63) is 35.5 Å². The van der Waals surface area contributed by atoms with Gasteiger partial charge in [0, 0.05) is 17.6 Å². The fourth-order valence-electron chi connectivity index (χ4n) is 2.04. The molecule has 0 fully saturated rings. The molecule has 0 atom stereocenters. The number of amides is 1. The number of nitrogens with zero attached hydrogens (tertiary/aromatic N) is 4. The maximum atomic E-state index is 12.4. The van der Waals surface area contributed by atoms with Gasteiger partial charge in [0.15, 0.2) is 17.0 Å². The molecule has 2 aromatic heterocycles. The van der Waals surface area contributed by atoms with E-state index in [0.717, 1.165) is 5.56 Å². The molecule has 3 aromatic rings. The lowest BCUT2D eigenvalue weighted by molar-refractivity contribution is -0.167. The van der Waals surface area contributed by atoms with E-state index in [0.29, 0.717) is 10.7 Å². The highest BCUT2D eigenvalue weighted by Gasteiger charge is 2.39. The minimum atomic E-state index is -5.01. The summed E-state index contributed by atoms with van der Waals surface area (Å²) in [6.45, 7) is 0. The number of carbonyl (C=O) groups is 1. The summed E-state index contributed by atoms with van der Waals surface area (Å²) in [6, 6.07) is 6.84. The van der Waals surface area contributed by atoms with E-state index in [1.165, 1.54) is 17.9 Å².